The monoisotopic (exact) mass is 1450 g/mol. The van der Waals surface area contributed by atoms with Gasteiger partial charge in [-0.3, -0.25) is 0 Å². The fraction of sp³-hybridized carbons (Fsp3) is 1.00. The molecule has 3 aliphatic heterocycles. The van der Waals surface area contributed by atoms with Crippen LogP contribution in [0.3, 0.4) is 0 Å². The van der Waals surface area contributed by atoms with E-state index in [-0.39, 0.29) is 91.2 Å². The first-order chi connectivity index (χ1) is 32.4. The van der Waals surface area contributed by atoms with Gasteiger partial charge in [0.25, 0.3) is 0 Å². The molecule has 0 N–H and O–H groups in total. The van der Waals surface area contributed by atoms with Gasteiger partial charge in [-0.15, -0.1) is 0 Å². The molecule has 10 rings (SSSR count). The predicted octanol–water partition coefficient (Wildman–Crippen LogP) is 13.1. The molecule has 7 aliphatic carbocycles. The number of hydrogen-bond acceptors (Lipinski definition) is 12. The molecule has 0 spiro atoms. The summed E-state index contributed by atoms with van der Waals surface area (Å²) in [5.74, 6) is 0. The van der Waals surface area contributed by atoms with E-state index in [1.165, 1.54) is 44.9 Å². The van der Waals surface area contributed by atoms with Crippen molar-refractivity contribution in [3.05, 3.63) is 0 Å². The van der Waals surface area contributed by atoms with Gasteiger partial charge in [0.15, 0.2) is 0 Å². The van der Waals surface area contributed by atoms with Crippen molar-refractivity contribution < 1.29 is 45.9 Å². The quantitative estimate of drug-likeness (QED) is 0.184. The molecule has 0 radical (unpaired) electrons. The Morgan fingerprint density at radius 3 is 0.701 bits per heavy atom. The van der Waals surface area contributed by atoms with E-state index in [1.54, 1.807) is 0 Å². The van der Waals surface area contributed by atoms with Crippen LogP contribution >= 0.6 is 0 Å². The molecule has 7 saturated carbocycles. The Morgan fingerprint density at radius 2 is 0.478 bits per heavy atom. The van der Waals surface area contributed by atoms with E-state index in [9.17, 15) is 0 Å². The van der Waals surface area contributed by atoms with Crippen LogP contribution in [0.1, 0.15) is 225 Å². The van der Waals surface area contributed by atoms with Crippen LogP contribution in [0.5, 0.6) is 0 Å². The Hall–Kier alpha value is 3.10. The topological polar surface area (TPSA) is 111 Å². The second kappa shape index (κ2) is 22.6. The Morgan fingerprint density at radius 1 is 0.284 bits per heavy atom. The molecule has 0 aromatic rings. The predicted molar refractivity (Wildman–Crippen MR) is 276 cm³/mol. The van der Waals surface area contributed by atoms with Crippen LogP contribution in [0, 0.1) is 0 Å². The van der Waals surface area contributed by atoms with Gasteiger partial charge in [-0.05, 0) is 0 Å². The Labute approximate surface area is 447 Å². The molecule has 22 heteroatoms. The average Bonchev–Trinajstić information content (AvgIpc) is 3.35. The summed E-state index contributed by atoms with van der Waals surface area (Å²) in [7, 11) is -29.8. The van der Waals surface area contributed by atoms with Crippen LogP contribution in [-0.4, -0.2) is 122 Å². The SMILES string of the molecule is C[Si](C)(C)O[Si]1(C2CCCCC2)O[Si]2(C3CCCCC3)O[Si]([O][Tl])(C3CCCCC3)O[Si]3(C4CCCCC4)O[Si]([O][Tl])(C4CCCCC4)O[Si](C4CCCCC4)(O1)O[Si](C1CCCCC1)(O3)O2. The maximum absolute atomic E-state index is 8.78. The molecule has 0 aromatic carbocycles. The molecule has 0 aromatic heterocycles. The standard InChI is InChI=1S/C45H86O12Si8.2Tl/c1-58(2,3)48-61(41-29-15-6-16-30-41)53-63(43-33-19-8-20-34-43)51-59(46,39-25-11-4-12-26-39)49-62(42-31-17-7-18-32-42)50-60(47,40-27-13-5-14-28-40)52-64(54-61,44-35-21-9-22-36-44)57-65(55-62,56-63)45-37-23-10-24-38-45;;/h39-45H,4-38H2,1-3H3;;/q-2;2*+1. The van der Waals surface area contributed by atoms with Crippen molar-refractivity contribution in [2.45, 2.75) is 283 Å². The Balaban J connectivity index is 1.31. The zero-order valence-corrected chi connectivity index (χ0v) is 58.8. The van der Waals surface area contributed by atoms with Crippen molar-refractivity contribution in [3.63, 3.8) is 0 Å². The molecular formula is C45H86O12Si8Tl2. The van der Waals surface area contributed by atoms with E-state index < -0.39 is 69.9 Å². The van der Waals surface area contributed by atoms with Gasteiger partial charge in [-0.2, -0.15) is 0 Å². The molecule has 67 heavy (non-hydrogen) atoms. The van der Waals surface area contributed by atoms with Gasteiger partial charge >= 0.3 is 451 Å². The van der Waals surface area contributed by atoms with Gasteiger partial charge in [-0.1, -0.05) is 0 Å². The second-order valence-corrected chi connectivity index (χ2v) is 56.5. The summed E-state index contributed by atoms with van der Waals surface area (Å²) in [6.07, 6.45) is 38.6. The Bertz CT molecular complexity index is 1550. The third kappa shape index (κ3) is 11.1. The summed E-state index contributed by atoms with van der Waals surface area (Å²) in [4.78, 5) is 0. The molecule has 3 saturated heterocycles. The van der Waals surface area contributed by atoms with Crippen LogP contribution < -0.4 is 0 Å². The molecule has 376 valence electrons. The van der Waals surface area contributed by atoms with Gasteiger partial charge in [0.2, 0.25) is 0 Å². The van der Waals surface area contributed by atoms with Crippen LogP contribution in [0.2, 0.25) is 58.4 Å². The van der Waals surface area contributed by atoms with Crippen LogP contribution in [0.15, 0.2) is 0 Å². The van der Waals surface area contributed by atoms with E-state index in [2.05, 4.69) is 19.6 Å². The summed E-state index contributed by atoms with van der Waals surface area (Å²) >= 11 is 0.362. The van der Waals surface area contributed by atoms with Crippen molar-refractivity contribution >= 4 is 122 Å². The van der Waals surface area contributed by atoms with Gasteiger partial charge in [0.1, 0.15) is 0 Å². The summed E-state index contributed by atoms with van der Waals surface area (Å²) in [5, 5.41) is 0. The Kier molecular flexibility index (Phi) is 18.0. The molecule has 12 nitrogen and oxygen atoms in total. The van der Waals surface area contributed by atoms with Crippen LogP contribution in [0.25, 0.3) is 0 Å². The van der Waals surface area contributed by atoms with E-state index in [0.717, 1.165) is 180 Å². The van der Waals surface area contributed by atoms with Crippen LogP contribution in [-0.2, 0) is 45.9 Å². The van der Waals surface area contributed by atoms with Crippen molar-refractivity contribution in [2.75, 3.05) is 0 Å². The van der Waals surface area contributed by atoms with Gasteiger partial charge in [0, 0.05) is 0 Å². The molecule has 0 amide bonds. The van der Waals surface area contributed by atoms with E-state index in [1.807, 2.05) is 0 Å². The summed E-state index contributed by atoms with van der Waals surface area (Å²) in [5.41, 5.74) is 0.599. The maximum atomic E-state index is 8.78. The molecule has 10 aliphatic rings. The molecular weight excluding hydrogens is 1370 g/mol. The number of rotatable bonds is 11. The van der Waals surface area contributed by atoms with Crippen molar-refractivity contribution in [3.8, 4) is 0 Å². The van der Waals surface area contributed by atoms with Gasteiger partial charge in [0.05, 0.1) is 0 Å². The molecule has 3 heterocycles. The number of hydrogen-bond donors (Lipinski definition) is 0. The van der Waals surface area contributed by atoms with E-state index in [4.69, 9.17) is 45.9 Å². The zero-order valence-electron chi connectivity index (χ0n) is 41.8. The van der Waals surface area contributed by atoms with Gasteiger partial charge in [-0.25, -0.2) is 0 Å². The van der Waals surface area contributed by atoms with Crippen molar-refractivity contribution in [1.82, 2.24) is 0 Å². The third-order valence-corrected chi connectivity index (χ3v) is 61.5. The number of fused-ring (bicyclic) bond motifs is 3. The normalized spacial score (nSPS) is 42.9. The first-order valence-electron chi connectivity index (χ1n) is 28.2. The molecule has 4 unspecified atom stereocenters. The molecule has 4 bridgehead atoms. The average molecular weight is 1450 g/mol. The van der Waals surface area contributed by atoms with E-state index >= 15 is 0 Å². The minimum atomic E-state index is -4.01. The fourth-order valence-electron chi connectivity index (χ4n) is 14.6. The minimum absolute atomic E-state index is 0.0567. The van der Waals surface area contributed by atoms with Crippen molar-refractivity contribution in [2.24, 2.45) is 0 Å². The summed E-state index contributed by atoms with van der Waals surface area (Å²) < 4.78 is 101. The second-order valence-electron chi connectivity index (χ2n) is 23.9. The zero-order chi connectivity index (χ0) is 46.3. The molecule has 4 atom stereocenters. The molecule has 10 fully saturated rings. The van der Waals surface area contributed by atoms with Gasteiger partial charge < -0.3 is 0 Å². The first kappa shape index (κ1) is 53.5. The summed E-state index contributed by atoms with van der Waals surface area (Å²) in [6.45, 7) is 7.06. The van der Waals surface area contributed by atoms with Crippen molar-refractivity contribution in [1.29, 1.82) is 0 Å². The third-order valence-electron chi connectivity index (χ3n) is 18.1. The van der Waals surface area contributed by atoms with E-state index in [0.29, 0.717) is 0 Å². The fourth-order valence-corrected chi connectivity index (χ4v) is 74.4. The summed E-state index contributed by atoms with van der Waals surface area (Å²) in [6, 6.07) is 0. The first-order valence-corrected chi connectivity index (χ1v) is 47.9. The van der Waals surface area contributed by atoms with Crippen LogP contribution in [0.4, 0.5) is 0 Å².